The molecular formula is C26H32FN7O2. The molecule has 0 bridgehead atoms. The van der Waals surface area contributed by atoms with Gasteiger partial charge in [0.15, 0.2) is 17.5 Å². The Morgan fingerprint density at radius 1 is 1.22 bits per heavy atom. The summed E-state index contributed by atoms with van der Waals surface area (Å²) in [5.74, 6) is -0.905. The lowest BCUT2D eigenvalue weighted by molar-refractivity contribution is -0.156. The van der Waals surface area contributed by atoms with Gasteiger partial charge in [-0.1, -0.05) is 20.8 Å². The number of ether oxygens (including phenoxy) is 1. The summed E-state index contributed by atoms with van der Waals surface area (Å²) in [6.45, 7) is 11.3. The summed E-state index contributed by atoms with van der Waals surface area (Å²) in [5, 5.41) is 20.0. The molecule has 0 unspecified atom stereocenters. The number of hydrogen-bond donors (Lipinski definition) is 2. The summed E-state index contributed by atoms with van der Waals surface area (Å²) < 4.78 is 22.1. The molecule has 0 aliphatic carbocycles. The number of carbonyl (C=O) groups excluding carboxylic acids is 1. The maximum absolute atomic E-state index is 15.0. The summed E-state index contributed by atoms with van der Waals surface area (Å²) in [6.07, 6.45) is 6.83. The molecule has 2 N–H and O–H groups in total. The second-order valence-corrected chi connectivity index (χ2v) is 10.0. The van der Waals surface area contributed by atoms with Crippen LogP contribution in [0.25, 0.3) is 5.69 Å². The molecule has 0 amide bonds. The topological polar surface area (TPSA) is 118 Å². The van der Waals surface area contributed by atoms with E-state index in [4.69, 9.17) is 4.74 Å². The summed E-state index contributed by atoms with van der Waals surface area (Å²) >= 11 is 0. The van der Waals surface area contributed by atoms with Crippen molar-refractivity contribution in [2.75, 3.05) is 10.6 Å². The number of aromatic nitrogens is 4. The highest BCUT2D eigenvalue weighted by Crippen LogP contribution is 2.27. The first kappa shape index (κ1) is 26.6. The molecule has 0 radical (unpaired) electrons. The van der Waals surface area contributed by atoms with Crippen LogP contribution in [0, 0.1) is 29.0 Å². The predicted octanol–water partition coefficient (Wildman–Crippen LogP) is 5.22. The number of rotatable bonds is 9. The molecule has 0 saturated carbocycles. The average Bonchev–Trinajstić information content (AvgIpc) is 3.32. The maximum Gasteiger partial charge on any atom is 0.306 e. The van der Waals surface area contributed by atoms with Gasteiger partial charge in [0.25, 0.3) is 0 Å². The van der Waals surface area contributed by atoms with E-state index in [1.165, 1.54) is 0 Å². The summed E-state index contributed by atoms with van der Waals surface area (Å²) in [6, 6.07) is 6.43. The molecule has 3 aromatic rings. The first-order valence-corrected chi connectivity index (χ1v) is 11.8. The van der Waals surface area contributed by atoms with Crippen LogP contribution in [0.3, 0.4) is 0 Å². The quantitative estimate of drug-likeness (QED) is 0.390. The number of pyridine rings is 2. The lowest BCUT2D eigenvalue weighted by Gasteiger charge is -2.30. The van der Waals surface area contributed by atoms with Crippen LogP contribution in [0.4, 0.5) is 21.7 Å². The van der Waals surface area contributed by atoms with Crippen molar-refractivity contribution in [1.29, 1.82) is 5.26 Å². The van der Waals surface area contributed by atoms with Crippen LogP contribution >= 0.6 is 0 Å². The number of esters is 1. The molecule has 190 valence electrons. The van der Waals surface area contributed by atoms with Gasteiger partial charge in [0.05, 0.1) is 35.8 Å². The predicted molar refractivity (Wildman–Crippen MR) is 135 cm³/mol. The molecule has 10 heteroatoms. The molecule has 3 rings (SSSR count). The fourth-order valence-corrected chi connectivity index (χ4v) is 3.85. The Morgan fingerprint density at radius 2 is 1.97 bits per heavy atom. The van der Waals surface area contributed by atoms with Crippen molar-refractivity contribution < 1.29 is 13.9 Å². The van der Waals surface area contributed by atoms with Gasteiger partial charge in [-0.3, -0.25) is 9.78 Å². The van der Waals surface area contributed by atoms with Gasteiger partial charge in [-0.2, -0.15) is 10.4 Å². The summed E-state index contributed by atoms with van der Waals surface area (Å²) in [5.41, 5.74) is 0.733. The highest BCUT2D eigenvalue weighted by Gasteiger charge is 2.27. The molecule has 0 aliphatic rings. The van der Waals surface area contributed by atoms with E-state index >= 15 is 0 Å². The first-order chi connectivity index (χ1) is 17.0. The summed E-state index contributed by atoms with van der Waals surface area (Å²) in [7, 11) is 0. The Kier molecular flexibility index (Phi) is 8.25. The molecule has 0 aliphatic heterocycles. The van der Waals surface area contributed by atoms with E-state index in [2.05, 4.69) is 25.7 Å². The van der Waals surface area contributed by atoms with Crippen LogP contribution in [-0.2, 0) is 9.53 Å². The highest BCUT2D eigenvalue weighted by atomic mass is 19.1. The van der Waals surface area contributed by atoms with Crippen LogP contribution in [0.1, 0.15) is 53.5 Å². The van der Waals surface area contributed by atoms with E-state index in [0.717, 1.165) is 6.07 Å². The Bertz CT molecular complexity index is 1230. The van der Waals surface area contributed by atoms with E-state index in [-0.39, 0.29) is 47.5 Å². The number of nitriles is 1. The number of anilines is 3. The smallest absolute Gasteiger partial charge is 0.306 e. The molecule has 0 fully saturated rings. The van der Waals surface area contributed by atoms with Crippen LogP contribution in [0.5, 0.6) is 0 Å². The zero-order chi connectivity index (χ0) is 26.5. The van der Waals surface area contributed by atoms with Crippen LogP contribution in [-0.4, -0.2) is 37.4 Å². The van der Waals surface area contributed by atoms with Gasteiger partial charge >= 0.3 is 5.97 Å². The Morgan fingerprint density at radius 3 is 2.58 bits per heavy atom. The third-order valence-electron chi connectivity index (χ3n) is 5.40. The molecule has 0 saturated heterocycles. The minimum atomic E-state index is -0.657. The SMILES string of the molecule is CC(C)[C@@H](Nc1nc(Nc2cncc(-n3cccn3)c2)c(C#N)cc1F)[C@H](C)CC(=O)OC(C)(C)C. The molecule has 2 atom stereocenters. The minimum absolute atomic E-state index is 0.0116. The number of nitrogens with one attached hydrogen (secondary N) is 2. The van der Waals surface area contributed by atoms with Gasteiger partial charge in [0, 0.05) is 18.4 Å². The lowest BCUT2D eigenvalue weighted by atomic mass is 9.89. The molecule has 3 heterocycles. The van der Waals surface area contributed by atoms with Gasteiger partial charge in [-0.05, 0) is 50.8 Å². The fourth-order valence-electron chi connectivity index (χ4n) is 3.85. The van der Waals surface area contributed by atoms with Gasteiger partial charge < -0.3 is 15.4 Å². The van der Waals surface area contributed by atoms with E-state index < -0.39 is 11.4 Å². The van der Waals surface area contributed by atoms with Gasteiger partial charge in [0.2, 0.25) is 0 Å². The van der Waals surface area contributed by atoms with Crippen molar-refractivity contribution in [2.45, 2.75) is 59.6 Å². The Labute approximate surface area is 210 Å². The van der Waals surface area contributed by atoms with Gasteiger partial charge in [-0.15, -0.1) is 0 Å². The first-order valence-electron chi connectivity index (χ1n) is 11.8. The van der Waals surface area contributed by atoms with Crippen molar-refractivity contribution in [1.82, 2.24) is 19.7 Å². The molecule has 0 aromatic carbocycles. The molecular weight excluding hydrogens is 461 g/mol. The molecule has 3 aromatic heterocycles. The largest absolute Gasteiger partial charge is 0.460 e. The number of nitrogens with zero attached hydrogens (tertiary/aromatic N) is 5. The van der Waals surface area contributed by atoms with Gasteiger partial charge in [0.1, 0.15) is 11.7 Å². The zero-order valence-corrected chi connectivity index (χ0v) is 21.4. The normalized spacial score (nSPS) is 13.1. The highest BCUT2D eigenvalue weighted by molar-refractivity contribution is 5.70. The maximum atomic E-state index is 15.0. The standard InChI is InChI=1S/C26H32FN7O2/c1-16(2)23(17(3)10-22(35)36-26(4,5)6)32-25-21(27)11-18(13-28)24(33-25)31-19-12-20(15-29-14-19)34-9-7-8-30-34/h7-9,11-12,14-17,23H,10H2,1-6H3,(H2,31,32,33)/t17-,23-/m1/s1. The van der Waals surface area contributed by atoms with Crippen molar-refractivity contribution in [3.8, 4) is 11.8 Å². The third kappa shape index (κ3) is 7.01. The van der Waals surface area contributed by atoms with E-state index in [0.29, 0.717) is 11.4 Å². The lowest BCUT2D eigenvalue weighted by Crippen LogP contribution is -2.36. The van der Waals surface area contributed by atoms with E-state index in [1.807, 2.05) is 47.6 Å². The fraction of sp³-hybridized carbons (Fsp3) is 0.423. The van der Waals surface area contributed by atoms with Gasteiger partial charge in [-0.25, -0.2) is 14.1 Å². The van der Waals surface area contributed by atoms with Crippen LogP contribution in [0.15, 0.2) is 43.0 Å². The second kappa shape index (κ2) is 11.2. The Balaban J connectivity index is 1.84. The van der Waals surface area contributed by atoms with Crippen molar-refractivity contribution >= 4 is 23.3 Å². The van der Waals surface area contributed by atoms with Crippen molar-refractivity contribution in [2.24, 2.45) is 11.8 Å². The average molecular weight is 494 g/mol. The Hall–Kier alpha value is -4.00. The van der Waals surface area contributed by atoms with E-state index in [1.54, 1.807) is 41.6 Å². The van der Waals surface area contributed by atoms with Crippen molar-refractivity contribution in [3.63, 3.8) is 0 Å². The molecule has 9 nitrogen and oxygen atoms in total. The van der Waals surface area contributed by atoms with Crippen LogP contribution < -0.4 is 10.6 Å². The monoisotopic (exact) mass is 493 g/mol. The van der Waals surface area contributed by atoms with E-state index in [9.17, 15) is 14.4 Å². The second-order valence-electron chi connectivity index (χ2n) is 10.0. The molecule has 36 heavy (non-hydrogen) atoms. The number of hydrogen-bond acceptors (Lipinski definition) is 8. The molecule has 0 spiro atoms. The summed E-state index contributed by atoms with van der Waals surface area (Å²) in [4.78, 5) is 21.0. The van der Waals surface area contributed by atoms with Crippen molar-refractivity contribution in [3.05, 3.63) is 54.4 Å². The van der Waals surface area contributed by atoms with Crippen LogP contribution in [0.2, 0.25) is 0 Å². The zero-order valence-electron chi connectivity index (χ0n) is 21.4. The number of carbonyl (C=O) groups is 1. The minimum Gasteiger partial charge on any atom is -0.460 e. The third-order valence-corrected chi connectivity index (χ3v) is 5.40. The number of halogens is 1.